The average Bonchev–Trinajstić information content (AvgIpc) is 3.05. The zero-order chi connectivity index (χ0) is 34.4. The highest BCUT2D eigenvalue weighted by Crippen LogP contribution is 2.37. The fourth-order valence-electron chi connectivity index (χ4n) is 5.57. The number of alkyl halides is 3. The first-order valence-electron chi connectivity index (χ1n) is 15.4. The molecule has 2 aromatic carbocycles. The molecule has 48 heavy (non-hydrogen) atoms. The van der Waals surface area contributed by atoms with Gasteiger partial charge in [-0.2, -0.15) is 13.2 Å². The molecule has 3 aromatic rings. The molecule has 14 heteroatoms. The Balaban J connectivity index is 1.55. The maximum Gasteiger partial charge on any atom is 0.433 e. The van der Waals surface area contributed by atoms with E-state index in [4.69, 9.17) is 10.7 Å². The van der Waals surface area contributed by atoms with Crippen molar-refractivity contribution in [3.8, 4) is 0 Å². The highest BCUT2D eigenvalue weighted by Gasteiger charge is 2.45. The molecule has 0 spiro atoms. The molecule has 2 fully saturated rings. The topological polar surface area (TPSA) is 146 Å². The van der Waals surface area contributed by atoms with Gasteiger partial charge in [-0.1, -0.05) is 36.4 Å². The molecule has 2 aliphatic rings. The number of allylic oxidation sites excluding steroid dienone is 1. The predicted molar refractivity (Wildman–Crippen MR) is 174 cm³/mol. The van der Waals surface area contributed by atoms with Gasteiger partial charge in [0, 0.05) is 48.2 Å². The van der Waals surface area contributed by atoms with E-state index in [0.29, 0.717) is 40.7 Å². The number of nitrogens with two attached hydrogens (primary N) is 1. The van der Waals surface area contributed by atoms with Crippen molar-refractivity contribution in [3.63, 3.8) is 0 Å². The summed E-state index contributed by atoms with van der Waals surface area (Å²) in [6, 6.07) is 14.9. The van der Waals surface area contributed by atoms with E-state index in [1.807, 2.05) is 6.07 Å². The third kappa shape index (κ3) is 7.44. The van der Waals surface area contributed by atoms with Gasteiger partial charge in [0.2, 0.25) is 5.82 Å². The SMILES string of the molecule is C/C=C(\CN1CCC1)C(=O)Nc1cccc([C@@H]2/C(=C/N)C(=Nc3ccccc3)N(CC)C(=O)[C@H]2NC(=O)c2nccc(C(F)(F)F)n2)c1. The maximum absolute atomic E-state index is 14.2. The molecule has 0 unspecified atom stereocenters. The number of carbonyl (C=O) groups excluding carboxylic acids is 3. The number of amides is 3. The van der Waals surface area contributed by atoms with Gasteiger partial charge in [-0.15, -0.1) is 0 Å². The lowest BCUT2D eigenvalue weighted by atomic mass is 9.80. The Hall–Kier alpha value is -5.37. The number of nitrogens with one attached hydrogen (secondary N) is 2. The minimum Gasteiger partial charge on any atom is -0.404 e. The van der Waals surface area contributed by atoms with Gasteiger partial charge in [-0.25, -0.2) is 15.0 Å². The summed E-state index contributed by atoms with van der Waals surface area (Å²) in [7, 11) is 0. The molecular formula is C34H35F3N8O3. The molecule has 1 aromatic heterocycles. The van der Waals surface area contributed by atoms with Crippen molar-refractivity contribution in [1.29, 1.82) is 0 Å². The van der Waals surface area contributed by atoms with E-state index in [-0.39, 0.29) is 18.3 Å². The summed E-state index contributed by atoms with van der Waals surface area (Å²) in [5.74, 6) is -3.45. The Morgan fingerprint density at radius 1 is 1.10 bits per heavy atom. The van der Waals surface area contributed by atoms with Crippen LogP contribution in [-0.2, 0) is 15.8 Å². The molecule has 4 N–H and O–H groups in total. The molecule has 2 saturated heterocycles. The summed E-state index contributed by atoms with van der Waals surface area (Å²) in [5.41, 5.74) is 7.33. The van der Waals surface area contributed by atoms with Gasteiger partial charge in [-0.3, -0.25) is 24.2 Å². The van der Waals surface area contributed by atoms with Gasteiger partial charge in [0.25, 0.3) is 17.7 Å². The first-order chi connectivity index (χ1) is 23.0. The highest BCUT2D eigenvalue weighted by atomic mass is 19.4. The quantitative estimate of drug-likeness (QED) is 0.289. The van der Waals surface area contributed by atoms with Crippen LogP contribution >= 0.6 is 0 Å². The molecule has 3 heterocycles. The fraction of sp³-hybridized carbons (Fsp3) is 0.294. The number of carbonyl (C=O) groups is 3. The largest absolute Gasteiger partial charge is 0.433 e. The first kappa shape index (κ1) is 34.0. The number of hydrogen-bond acceptors (Lipinski definition) is 8. The first-order valence-corrected chi connectivity index (χ1v) is 15.4. The second-order valence-corrected chi connectivity index (χ2v) is 11.2. The summed E-state index contributed by atoms with van der Waals surface area (Å²) < 4.78 is 40.1. The van der Waals surface area contributed by atoms with E-state index in [1.165, 1.54) is 11.1 Å². The normalized spacial score (nSPS) is 20.5. The summed E-state index contributed by atoms with van der Waals surface area (Å²) in [6.07, 6.45) is 0.148. The molecule has 2 aliphatic heterocycles. The van der Waals surface area contributed by atoms with Gasteiger partial charge in [0.05, 0.1) is 5.69 Å². The van der Waals surface area contributed by atoms with Gasteiger partial charge < -0.3 is 16.4 Å². The standard InChI is InChI=1S/C34H35F3N8O3/c1-3-21(20-44-16-9-17-44)31(46)41-24-13-8-10-22(18-24)27-25(19-38)30(40-23-11-6-5-7-12-23)45(4-2)33(48)28(27)43-32(47)29-39-15-14-26(42-29)34(35,36)37/h3,5-8,10-15,18-19,27-28H,4,9,16-17,20,38H2,1-2H3,(H,41,46)(H,43,47)/b21-3+,25-19-,40-30?/t27-,28+/m1/s1. The van der Waals surface area contributed by atoms with Gasteiger partial charge in [0.15, 0.2) is 0 Å². The number of amidine groups is 1. The number of benzene rings is 2. The monoisotopic (exact) mass is 660 g/mol. The van der Waals surface area contributed by atoms with Crippen LogP contribution in [0.15, 0.2) is 95.3 Å². The van der Waals surface area contributed by atoms with Crippen molar-refractivity contribution in [1.82, 2.24) is 25.1 Å². The molecule has 0 saturated carbocycles. The number of hydrogen-bond donors (Lipinski definition) is 3. The van der Waals surface area contributed by atoms with Crippen LogP contribution in [0.2, 0.25) is 0 Å². The van der Waals surface area contributed by atoms with Crippen LogP contribution in [0.4, 0.5) is 24.5 Å². The number of rotatable bonds is 9. The van der Waals surface area contributed by atoms with Crippen molar-refractivity contribution in [2.45, 2.75) is 38.4 Å². The summed E-state index contributed by atoms with van der Waals surface area (Å²) >= 11 is 0. The van der Waals surface area contributed by atoms with Crippen molar-refractivity contribution in [2.75, 3.05) is 31.5 Å². The second kappa shape index (κ2) is 14.6. The lowest BCUT2D eigenvalue weighted by Gasteiger charge is -2.40. The third-order valence-corrected chi connectivity index (χ3v) is 8.12. The Morgan fingerprint density at radius 2 is 1.85 bits per heavy atom. The molecule has 250 valence electrons. The van der Waals surface area contributed by atoms with E-state index >= 15 is 0 Å². The fourth-order valence-corrected chi connectivity index (χ4v) is 5.57. The zero-order valence-corrected chi connectivity index (χ0v) is 26.4. The van der Waals surface area contributed by atoms with E-state index < -0.39 is 41.5 Å². The number of piperidine rings is 1. The number of anilines is 1. The molecule has 0 aliphatic carbocycles. The Bertz CT molecular complexity index is 1770. The van der Waals surface area contributed by atoms with Gasteiger partial charge >= 0.3 is 6.18 Å². The van der Waals surface area contributed by atoms with Gasteiger partial charge in [0.1, 0.15) is 17.6 Å². The number of aromatic nitrogens is 2. The Labute approximate surface area is 275 Å². The highest BCUT2D eigenvalue weighted by molar-refractivity contribution is 6.15. The minimum absolute atomic E-state index is 0.139. The summed E-state index contributed by atoms with van der Waals surface area (Å²) in [6.45, 7) is 6.01. The van der Waals surface area contributed by atoms with Crippen molar-refractivity contribution in [2.24, 2.45) is 10.7 Å². The van der Waals surface area contributed by atoms with Gasteiger partial charge in [-0.05, 0) is 69.3 Å². The van der Waals surface area contributed by atoms with Crippen molar-refractivity contribution >= 4 is 34.9 Å². The third-order valence-electron chi connectivity index (χ3n) is 8.12. The summed E-state index contributed by atoms with van der Waals surface area (Å²) in [5, 5.41) is 5.49. The average molecular weight is 661 g/mol. The maximum atomic E-state index is 14.2. The number of likely N-dealkylation sites (N-methyl/N-ethyl adjacent to an activating group) is 1. The minimum atomic E-state index is -4.81. The lowest BCUT2D eigenvalue weighted by molar-refractivity contribution is -0.141. The van der Waals surface area contributed by atoms with Crippen LogP contribution in [0, 0.1) is 0 Å². The van der Waals surface area contributed by atoms with Crippen LogP contribution < -0.4 is 16.4 Å². The number of halogens is 3. The number of para-hydroxylation sites is 1. The van der Waals surface area contributed by atoms with Crippen LogP contribution in [0.3, 0.4) is 0 Å². The Kier molecular flexibility index (Phi) is 10.3. The van der Waals surface area contributed by atoms with Crippen LogP contribution in [0.5, 0.6) is 0 Å². The number of likely N-dealkylation sites (tertiary alicyclic amines) is 2. The van der Waals surface area contributed by atoms with Crippen LogP contribution in [-0.4, -0.2) is 75.5 Å². The van der Waals surface area contributed by atoms with E-state index in [0.717, 1.165) is 25.7 Å². The molecule has 0 bridgehead atoms. The van der Waals surface area contributed by atoms with Crippen molar-refractivity contribution < 1.29 is 27.6 Å². The van der Waals surface area contributed by atoms with Crippen LogP contribution in [0.1, 0.15) is 48.1 Å². The predicted octanol–water partition coefficient (Wildman–Crippen LogP) is 4.40. The van der Waals surface area contributed by atoms with E-state index in [9.17, 15) is 27.6 Å². The molecule has 2 atom stereocenters. The smallest absolute Gasteiger partial charge is 0.404 e. The van der Waals surface area contributed by atoms with Crippen LogP contribution in [0.25, 0.3) is 0 Å². The molecule has 0 radical (unpaired) electrons. The Morgan fingerprint density at radius 3 is 2.48 bits per heavy atom. The molecule has 11 nitrogen and oxygen atoms in total. The summed E-state index contributed by atoms with van der Waals surface area (Å²) in [4.78, 5) is 56.1. The molecule has 3 amide bonds. The van der Waals surface area contributed by atoms with E-state index in [2.05, 4.69) is 25.5 Å². The molecular weight excluding hydrogens is 625 g/mol. The lowest BCUT2D eigenvalue weighted by Crippen LogP contribution is -2.59. The number of aliphatic imine (C=N–C) groups is 1. The molecule has 5 rings (SSSR count). The second-order valence-electron chi connectivity index (χ2n) is 11.2. The van der Waals surface area contributed by atoms with E-state index in [1.54, 1.807) is 68.5 Å². The zero-order valence-electron chi connectivity index (χ0n) is 26.4. The van der Waals surface area contributed by atoms with Crippen molar-refractivity contribution in [3.05, 3.63) is 107 Å². The number of nitrogens with zero attached hydrogens (tertiary/aromatic N) is 5.